The molecule has 0 saturated heterocycles. The predicted octanol–water partition coefficient (Wildman–Crippen LogP) is 2.33. The Bertz CT molecular complexity index is 204. The van der Waals surface area contributed by atoms with E-state index < -0.39 is 28.4 Å². The fourth-order valence-corrected chi connectivity index (χ4v) is 2.39. The molecule has 13 heavy (non-hydrogen) atoms. The summed E-state index contributed by atoms with van der Waals surface area (Å²) in [4.78, 5) is 0. The van der Waals surface area contributed by atoms with E-state index in [1.54, 1.807) is 0 Å². The molecule has 0 amide bonds. The summed E-state index contributed by atoms with van der Waals surface area (Å²) in [5.41, 5.74) is 0. The average molecular weight is 216 g/mol. The average Bonchev–Trinajstić information content (AvgIpc) is 2.03. The van der Waals surface area contributed by atoms with Gasteiger partial charge < -0.3 is 4.55 Å². The Morgan fingerprint density at radius 3 is 2.38 bits per heavy atom. The van der Waals surface area contributed by atoms with Gasteiger partial charge in [0, 0.05) is 0 Å². The lowest BCUT2D eigenvalue weighted by Gasteiger charge is -2.28. The molecule has 78 valence electrons. The first kappa shape index (κ1) is 11.0. The maximum Gasteiger partial charge on any atom is 0.391 e. The number of hydrogen-bond acceptors (Lipinski definition) is 1. The van der Waals surface area contributed by atoms with Crippen molar-refractivity contribution >= 4 is 11.1 Å². The van der Waals surface area contributed by atoms with Crippen molar-refractivity contribution < 1.29 is 21.9 Å². The number of halogens is 3. The lowest BCUT2D eigenvalue weighted by molar-refractivity contribution is -0.181. The van der Waals surface area contributed by atoms with Gasteiger partial charge in [0.05, 0.1) is 11.2 Å². The molecule has 0 aliphatic heterocycles. The molecule has 1 N–H and O–H groups in total. The van der Waals surface area contributed by atoms with Crippen LogP contribution in [0.5, 0.6) is 0 Å². The van der Waals surface area contributed by atoms with E-state index in [-0.39, 0.29) is 12.8 Å². The van der Waals surface area contributed by atoms with Crippen LogP contribution in [-0.2, 0) is 11.1 Å². The van der Waals surface area contributed by atoms with Crippen LogP contribution in [0.2, 0.25) is 0 Å². The number of alkyl halides is 3. The number of rotatable bonds is 1. The fraction of sp³-hybridized carbons (Fsp3) is 1.00. The van der Waals surface area contributed by atoms with E-state index in [0.717, 1.165) is 0 Å². The van der Waals surface area contributed by atoms with Gasteiger partial charge in [0.15, 0.2) is 11.1 Å². The van der Waals surface area contributed by atoms with Crippen molar-refractivity contribution in [1.82, 2.24) is 0 Å². The summed E-state index contributed by atoms with van der Waals surface area (Å²) in [7, 11) is 0. The highest BCUT2D eigenvalue weighted by atomic mass is 32.2. The summed E-state index contributed by atoms with van der Waals surface area (Å²) in [5.74, 6) is -1.39. The molecule has 1 aliphatic carbocycles. The van der Waals surface area contributed by atoms with Gasteiger partial charge in [-0.25, -0.2) is 4.21 Å². The third kappa shape index (κ3) is 2.95. The molecule has 0 spiro atoms. The van der Waals surface area contributed by atoms with Crippen LogP contribution in [0, 0.1) is 5.92 Å². The van der Waals surface area contributed by atoms with Crippen LogP contribution in [0.25, 0.3) is 0 Å². The minimum atomic E-state index is -4.21. The van der Waals surface area contributed by atoms with Crippen LogP contribution in [0.1, 0.15) is 25.7 Å². The molecule has 0 radical (unpaired) electrons. The second-order valence-corrected chi connectivity index (χ2v) is 4.52. The standard InChI is InChI=1S/C7H11F3O2S/c8-7(9,10)5-2-1-3-6(4-5)13(11)12/h5-6H,1-4H2,(H,11,12). The largest absolute Gasteiger partial charge is 0.391 e. The minimum absolute atomic E-state index is 0.0944. The molecule has 6 heteroatoms. The molecule has 0 aromatic carbocycles. The summed E-state index contributed by atoms with van der Waals surface area (Å²) in [6, 6.07) is 0. The molecule has 0 heterocycles. The Kier molecular flexibility index (Phi) is 3.34. The van der Waals surface area contributed by atoms with Crippen molar-refractivity contribution in [2.75, 3.05) is 0 Å². The normalized spacial score (nSPS) is 32.9. The lowest BCUT2D eigenvalue weighted by Crippen LogP contribution is -2.32. The van der Waals surface area contributed by atoms with Gasteiger partial charge in [0.25, 0.3) is 0 Å². The van der Waals surface area contributed by atoms with E-state index in [2.05, 4.69) is 0 Å². The van der Waals surface area contributed by atoms with E-state index in [4.69, 9.17) is 4.55 Å². The topological polar surface area (TPSA) is 37.3 Å². The Morgan fingerprint density at radius 1 is 1.31 bits per heavy atom. The molecule has 0 aromatic heterocycles. The molecule has 1 rings (SSSR count). The third-order valence-electron chi connectivity index (χ3n) is 2.37. The predicted molar refractivity (Wildman–Crippen MR) is 42.6 cm³/mol. The molecular formula is C7H11F3O2S. The summed E-state index contributed by atoms with van der Waals surface area (Å²) < 4.78 is 55.8. The summed E-state index contributed by atoms with van der Waals surface area (Å²) >= 11 is -2.11. The van der Waals surface area contributed by atoms with Crippen LogP contribution in [-0.4, -0.2) is 20.2 Å². The van der Waals surface area contributed by atoms with Gasteiger partial charge in [-0.05, 0) is 19.3 Å². The monoisotopic (exact) mass is 216 g/mol. The van der Waals surface area contributed by atoms with Crippen LogP contribution < -0.4 is 0 Å². The van der Waals surface area contributed by atoms with E-state index in [9.17, 15) is 17.4 Å². The first-order chi connectivity index (χ1) is 5.91. The molecule has 1 saturated carbocycles. The van der Waals surface area contributed by atoms with Crippen LogP contribution in [0.4, 0.5) is 13.2 Å². The summed E-state index contributed by atoms with van der Waals surface area (Å²) in [5, 5.41) is -0.694. The van der Waals surface area contributed by atoms with Gasteiger partial charge in [0.2, 0.25) is 0 Å². The smallest absolute Gasteiger partial charge is 0.306 e. The van der Waals surface area contributed by atoms with Crippen molar-refractivity contribution in [3.8, 4) is 0 Å². The van der Waals surface area contributed by atoms with E-state index in [1.165, 1.54) is 0 Å². The van der Waals surface area contributed by atoms with Crippen molar-refractivity contribution in [1.29, 1.82) is 0 Å². The van der Waals surface area contributed by atoms with Crippen LogP contribution in [0.3, 0.4) is 0 Å². The molecule has 1 aliphatic rings. The molecule has 0 aromatic rings. The Labute approximate surface area is 76.8 Å². The fourth-order valence-electron chi connectivity index (χ4n) is 1.63. The SMILES string of the molecule is O=S(O)C1CCCC(C(F)(F)F)C1. The van der Waals surface area contributed by atoms with Crippen molar-refractivity contribution in [2.45, 2.75) is 37.1 Å². The quantitative estimate of drug-likeness (QED) is 0.683. The highest BCUT2D eigenvalue weighted by Gasteiger charge is 2.43. The maximum atomic E-state index is 12.2. The highest BCUT2D eigenvalue weighted by Crippen LogP contribution is 2.38. The summed E-state index contributed by atoms with van der Waals surface area (Å²) in [6.45, 7) is 0. The van der Waals surface area contributed by atoms with Crippen LogP contribution >= 0.6 is 0 Å². The second kappa shape index (κ2) is 3.96. The Balaban J connectivity index is 2.57. The van der Waals surface area contributed by atoms with E-state index >= 15 is 0 Å². The zero-order valence-corrected chi connectivity index (χ0v) is 7.70. The number of hydrogen-bond donors (Lipinski definition) is 1. The molecule has 2 nitrogen and oxygen atoms in total. The van der Waals surface area contributed by atoms with Crippen molar-refractivity contribution in [3.05, 3.63) is 0 Å². The van der Waals surface area contributed by atoms with Crippen LogP contribution in [0.15, 0.2) is 0 Å². The van der Waals surface area contributed by atoms with E-state index in [1.807, 2.05) is 0 Å². The molecule has 3 atom stereocenters. The van der Waals surface area contributed by atoms with Crippen molar-refractivity contribution in [2.24, 2.45) is 5.92 Å². The van der Waals surface area contributed by atoms with Crippen molar-refractivity contribution in [3.63, 3.8) is 0 Å². The first-order valence-electron chi connectivity index (χ1n) is 4.07. The second-order valence-electron chi connectivity index (χ2n) is 3.30. The zero-order chi connectivity index (χ0) is 10.1. The van der Waals surface area contributed by atoms with Gasteiger partial charge in [-0.1, -0.05) is 6.42 Å². The first-order valence-corrected chi connectivity index (χ1v) is 5.24. The molecule has 3 unspecified atom stereocenters. The Hall–Kier alpha value is -0.100. The van der Waals surface area contributed by atoms with Gasteiger partial charge in [-0.2, -0.15) is 13.2 Å². The van der Waals surface area contributed by atoms with Gasteiger partial charge in [-0.3, -0.25) is 0 Å². The third-order valence-corrected chi connectivity index (χ3v) is 3.37. The Morgan fingerprint density at radius 2 is 1.92 bits per heavy atom. The lowest BCUT2D eigenvalue weighted by atomic mass is 9.88. The minimum Gasteiger partial charge on any atom is -0.306 e. The van der Waals surface area contributed by atoms with E-state index in [0.29, 0.717) is 12.8 Å². The molecule has 1 fully saturated rings. The van der Waals surface area contributed by atoms with Gasteiger partial charge >= 0.3 is 6.18 Å². The zero-order valence-electron chi connectivity index (χ0n) is 6.88. The maximum absolute atomic E-state index is 12.2. The van der Waals surface area contributed by atoms with Gasteiger partial charge in [-0.15, -0.1) is 0 Å². The molecule has 0 bridgehead atoms. The molecular weight excluding hydrogens is 205 g/mol. The highest BCUT2D eigenvalue weighted by molar-refractivity contribution is 7.79. The van der Waals surface area contributed by atoms with Gasteiger partial charge in [0.1, 0.15) is 0 Å². The summed E-state index contributed by atoms with van der Waals surface area (Å²) in [6.07, 6.45) is -3.50.